The zero-order valence-electron chi connectivity index (χ0n) is 6.44. The van der Waals surface area contributed by atoms with E-state index < -0.39 is 0 Å². The van der Waals surface area contributed by atoms with Crippen molar-refractivity contribution in [1.29, 1.82) is 0 Å². The smallest absolute Gasteiger partial charge is 0.0330 e. The first-order valence-corrected chi connectivity index (χ1v) is 3.47. The molecule has 0 fully saturated rings. The molecule has 1 aliphatic rings. The lowest BCUT2D eigenvalue weighted by Gasteiger charge is -2.04. The first-order chi connectivity index (χ1) is 4.39. The first-order valence-electron chi connectivity index (χ1n) is 3.47. The van der Waals surface area contributed by atoms with Crippen molar-refractivity contribution in [3.05, 3.63) is 23.9 Å². The fourth-order valence-electron chi connectivity index (χ4n) is 0.559. The molecule has 0 bridgehead atoms. The van der Waals surface area contributed by atoms with Crippen LogP contribution in [0.25, 0.3) is 0 Å². The van der Waals surface area contributed by atoms with Crippen LogP contribution in [-0.4, -0.2) is 6.54 Å². The van der Waals surface area contributed by atoms with Gasteiger partial charge in [0, 0.05) is 12.2 Å². The molecule has 1 heterocycles. The highest BCUT2D eigenvalue weighted by Crippen LogP contribution is 1.91. The Balaban J connectivity index is 0.000000291. The van der Waals surface area contributed by atoms with E-state index in [4.69, 9.17) is 0 Å². The number of dihydropyridines is 1. The summed E-state index contributed by atoms with van der Waals surface area (Å²) in [5, 5.41) is 3.16. The van der Waals surface area contributed by atoms with Crippen molar-refractivity contribution in [1.82, 2.24) is 5.32 Å². The largest absolute Gasteiger partial charge is 0.385 e. The van der Waals surface area contributed by atoms with Gasteiger partial charge in [-0.15, -0.1) is 0 Å². The molecule has 0 unspecified atom stereocenters. The molecule has 1 N–H and O–H groups in total. The Bertz CT molecular complexity index is 112. The van der Waals surface area contributed by atoms with Gasteiger partial charge < -0.3 is 5.32 Å². The molecular weight excluding hydrogens is 110 g/mol. The molecule has 1 rings (SSSR count). The van der Waals surface area contributed by atoms with Crippen LogP contribution in [0.1, 0.15) is 20.8 Å². The topological polar surface area (TPSA) is 12.0 Å². The van der Waals surface area contributed by atoms with Crippen LogP contribution < -0.4 is 5.32 Å². The van der Waals surface area contributed by atoms with E-state index in [0.717, 1.165) is 6.54 Å². The Morgan fingerprint density at radius 3 is 2.33 bits per heavy atom. The second-order valence-electron chi connectivity index (χ2n) is 1.66. The Morgan fingerprint density at radius 2 is 2.11 bits per heavy atom. The van der Waals surface area contributed by atoms with E-state index >= 15 is 0 Å². The maximum Gasteiger partial charge on any atom is 0.0330 e. The minimum absolute atomic E-state index is 0.988. The summed E-state index contributed by atoms with van der Waals surface area (Å²) in [6.45, 7) is 7.05. The summed E-state index contributed by atoms with van der Waals surface area (Å²) in [6, 6.07) is 0. The lowest BCUT2D eigenvalue weighted by atomic mass is 10.3. The summed E-state index contributed by atoms with van der Waals surface area (Å²) in [5.41, 5.74) is 1.25. The predicted octanol–water partition coefficient (Wildman–Crippen LogP) is 2.08. The van der Waals surface area contributed by atoms with Crippen molar-refractivity contribution < 1.29 is 0 Å². The van der Waals surface area contributed by atoms with Gasteiger partial charge in [-0.05, 0) is 13.0 Å². The van der Waals surface area contributed by atoms with Gasteiger partial charge >= 0.3 is 0 Å². The maximum atomic E-state index is 3.16. The summed E-state index contributed by atoms with van der Waals surface area (Å²) in [4.78, 5) is 0. The van der Waals surface area contributed by atoms with Gasteiger partial charge in [0.25, 0.3) is 0 Å². The minimum atomic E-state index is 0.988. The minimum Gasteiger partial charge on any atom is -0.385 e. The van der Waals surface area contributed by atoms with Gasteiger partial charge in [0.15, 0.2) is 0 Å². The summed E-state index contributed by atoms with van der Waals surface area (Å²) in [5.74, 6) is 0. The monoisotopic (exact) mass is 125 g/mol. The fourth-order valence-corrected chi connectivity index (χ4v) is 0.559. The van der Waals surface area contributed by atoms with Crippen LogP contribution in [0.15, 0.2) is 23.9 Å². The number of nitrogens with one attached hydrogen (secondary N) is 1. The van der Waals surface area contributed by atoms with Gasteiger partial charge in [0.05, 0.1) is 0 Å². The second kappa shape index (κ2) is 5.42. The van der Waals surface area contributed by atoms with Gasteiger partial charge in [-0.25, -0.2) is 0 Å². The molecule has 0 saturated heterocycles. The van der Waals surface area contributed by atoms with E-state index in [1.165, 1.54) is 5.70 Å². The van der Waals surface area contributed by atoms with E-state index in [0.29, 0.717) is 0 Å². The summed E-state index contributed by atoms with van der Waals surface area (Å²) < 4.78 is 0. The van der Waals surface area contributed by atoms with Gasteiger partial charge in [-0.2, -0.15) is 0 Å². The van der Waals surface area contributed by atoms with E-state index in [9.17, 15) is 0 Å². The average molecular weight is 125 g/mol. The van der Waals surface area contributed by atoms with Crippen LogP contribution in [0.2, 0.25) is 0 Å². The lowest BCUT2D eigenvalue weighted by Crippen LogP contribution is -2.12. The van der Waals surface area contributed by atoms with Crippen molar-refractivity contribution in [2.45, 2.75) is 20.8 Å². The van der Waals surface area contributed by atoms with E-state index in [-0.39, 0.29) is 0 Å². The predicted molar refractivity (Wildman–Crippen MR) is 42.2 cm³/mol. The highest BCUT2D eigenvalue weighted by atomic mass is 14.9. The Kier molecular flexibility index (Phi) is 4.98. The van der Waals surface area contributed by atoms with E-state index in [1.807, 2.05) is 13.8 Å². The third-order valence-electron chi connectivity index (χ3n) is 0.981. The molecule has 0 aromatic carbocycles. The average Bonchev–Trinajstić information content (AvgIpc) is 1.94. The van der Waals surface area contributed by atoms with Crippen LogP contribution in [0.4, 0.5) is 0 Å². The Morgan fingerprint density at radius 1 is 1.44 bits per heavy atom. The van der Waals surface area contributed by atoms with Crippen molar-refractivity contribution in [2.24, 2.45) is 0 Å². The van der Waals surface area contributed by atoms with Crippen molar-refractivity contribution >= 4 is 0 Å². The van der Waals surface area contributed by atoms with Crippen LogP contribution in [-0.2, 0) is 0 Å². The first kappa shape index (κ1) is 8.28. The number of hydrogen-bond donors (Lipinski definition) is 1. The van der Waals surface area contributed by atoms with E-state index in [1.54, 1.807) is 0 Å². The summed E-state index contributed by atoms with van der Waals surface area (Å²) in [6.07, 6.45) is 6.21. The zero-order valence-corrected chi connectivity index (χ0v) is 6.44. The molecule has 9 heavy (non-hydrogen) atoms. The van der Waals surface area contributed by atoms with Crippen molar-refractivity contribution in [3.63, 3.8) is 0 Å². The molecule has 0 spiro atoms. The third kappa shape index (κ3) is 3.83. The quantitative estimate of drug-likeness (QED) is 0.522. The molecule has 0 aromatic rings. The zero-order chi connectivity index (χ0) is 7.11. The van der Waals surface area contributed by atoms with Crippen LogP contribution in [0.3, 0.4) is 0 Å². The second-order valence-corrected chi connectivity index (χ2v) is 1.66. The lowest BCUT2D eigenvalue weighted by molar-refractivity contribution is 0.891. The van der Waals surface area contributed by atoms with E-state index in [2.05, 4.69) is 30.5 Å². The molecule has 0 saturated carbocycles. The molecule has 0 aliphatic carbocycles. The molecule has 0 aromatic heterocycles. The highest BCUT2D eigenvalue weighted by molar-refractivity contribution is 5.14. The van der Waals surface area contributed by atoms with Gasteiger partial charge in [-0.1, -0.05) is 26.0 Å². The molecule has 0 radical (unpaired) electrons. The van der Waals surface area contributed by atoms with Gasteiger partial charge in [0.1, 0.15) is 0 Å². The Labute approximate surface area is 57.5 Å². The maximum absolute atomic E-state index is 3.16. The van der Waals surface area contributed by atoms with Gasteiger partial charge in [-0.3, -0.25) is 0 Å². The standard InChI is InChI=1S/C6H9N.C2H6/c1-6-4-2-3-5-7-6;1-2/h2-4,7H,5H2,1H3;1-2H3. The molecular formula is C8H15N. The molecule has 0 amide bonds. The molecule has 1 heteroatoms. The SMILES string of the molecule is CC.CC1=CC=CCN1. The molecule has 52 valence electrons. The number of hydrogen-bond acceptors (Lipinski definition) is 1. The fraction of sp³-hybridized carbons (Fsp3) is 0.500. The Hall–Kier alpha value is -0.720. The molecule has 0 atom stereocenters. The molecule has 1 aliphatic heterocycles. The van der Waals surface area contributed by atoms with Gasteiger partial charge in [0.2, 0.25) is 0 Å². The third-order valence-corrected chi connectivity index (χ3v) is 0.981. The summed E-state index contributed by atoms with van der Waals surface area (Å²) in [7, 11) is 0. The number of rotatable bonds is 0. The van der Waals surface area contributed by atoms with Crippen LogP contribution in [0.5, 0.6) is 0 Å². The van der Waals surface area contributed by atoms with Crippen LogP contribution >= 0.6 is 0 Å². The molecule has 1 nitrogen and oxygen atoms in total. The normalized spacial score (nSPS) is 14.8. The van der Waals surface area contributed by atoms with Crippen molar-refractivity contribution in [2.75, 3.05) is 6.54 Å². The summed E-state index contributed by atoms with van der Waals surface area (Å²) >= 11 is 0. The highest BCUT2D eigenvalue weighted by Gasteiger charge is 1.85. The number of allylic oxidation sites excluding steroid dienone is 3. The van der Waals surface area contributed by atoms with Crippen molar-refractivity contribution in [3.8, 4) is 0 Å². The van der Waals surface area contributed by atoms with Crippen LogP contribution in [0, 0.1) is 0 Å².